The van der Waals surface area contributed by atoms with Crippen molar-refractivity contribution in [1.82, 2.24) is 4.72 Å². The first kappa shape index (κ1) is 19.7. The van der Waals surface area contributed by atoms with Crippen LogP contribution in [0, 0.1) is 10.1 Å². The molecule has 0 aliphatic rings. The van der Waals surface area contributed by atoms with Crippen LogP contribution in [0.15, 0.2) is 59.5 Å². The Balaban J connectivity index is 2.16. The summed E-state index contributed by atoms with van der Waals surface area (Å²) in [6, 6.07) is 9.16. The lowest BCUT2D eigenvalue weighted by Gasteiger charge is -2.22. The Morgan fingerprint density at radius 1 is 1.04 bits per heavy atom. The Hall–Kier alpha value is -2.66. The molecule has 0 aliphatic carbocycles. The van der Waals surface area contributed by atoms with Crippen LogP contribution in [0.3, 0.4) is 0 Å². The molecule has 2 rings (SSSR count). The second-order valence-corrected chi connectivity index (χ2v) is 6.93. The Kier molecular flexibility index (Phi) is 5.83. The average molecular weight is 389 g/mol. The Bertz CT molecular complexity index is 856. The molecule has 0 amide bonds. The minimum atomic E-state index is -4.84. The number of benzene rings is 2. The van der Waals surface area contributed by atoms with Gasteiger partial charge in [-0.1, -0.05) is 18.2 Å². The average Bonchev–Trinajstić information content (AvgIpc) is 2.58. The smallest absolute Gasteiger partial charge is 0.383 e. The number of rotatable bonds is 7. The first-order valence-electron chi connectivity index (χ1n) is 7.22. The number of sulfonamides is 1. The number of alkyl halides is 3. The summed E-state index contributed by atoms with van der Waals surface area (Å²) < 4.78 is 65.5. The number of anilines is 1. The van der Waals surface area contributed by atoms with Crippen LogP contribution in [0.1, 0.15) is 0 Å². The summed E-state index contributed by atoms with van der Waals surface area (Å²) in [6.45, 7) is -0.722. The van der Waals surface area contributed by atoms with E-state index in [1.54, 1.807) is 22.9 Å². The molecular weight excluding hydrogens is 375 g/mol. The lowest BCUT2D eigenvalue weighted by molar-refractivity contribution is -0.384. The number of halogens is 3. The number of nitro benzene ring substituents is 1. The highest BCUT2D eigenvalue weighted by Gasteiger charge is 2.42. The van der Waals surface area contributed by atoms with Gasteiger partial charge in [-0.3, -0.25) is 10.1 Å². The first-order chi connectivity index (χ1) is 12.1. The molecular formula is C15H14F3N3O4S. The molecule has 26 heavy (non-hydrogen) atoms. The van der Waals surface area contributed by atoms with Gasteiger partial charge in [0.25, 0.3) is 5.69 Å². The molecule has 7 nitrogen and oxygen atoms in total. The summed E-state index contributed by atoms with van der Waals surface area (Å²) in [5.41, 5.74) is 0.0262. The van der Waals surface area contributed by atoms with Gasteiger partial charge in [0.1, 0.15) is 6.04 Å². The van der Waals surface area contributed by atoms with Crippen molar-refractivity contribution in [3.63, 3.8) is 0 Å². The van der Waals surface area contributed by atoms with Crippen LogP contribution in [0.25, 0.3) is 0 Å². The highest BCUT2D eigenvalue weighted by Crippen LogP contribution is 2.23. The van der Waals surface area contributed by atoms with Crippen molar-refractivity contribution in [2.45, 2.75) is 17.1 Å². The molecule has 0 fully saturated rings. The van der Waals surface area contributed by atoms with Crippen molar-refractivity contribution in [2.75, 3.05) is 11.9 Å². The largest absolute Gasteiger partial charge is 0.406 e. The van der Waals surface area contributed by atoms with E-state index in [4.69, 9.17) is 0 Å². The highest BCUT2D eigenvalue weighted by atomic mass is 32.2. The zero-order valence-electron chi connectivity index (χ0n) is 13.1. The summed E-state index contributed by atoms with van der Waals surface area (Å²) in [5, 5.41) is 13.1. The summed E-state index contributed by atoms with van der Waals surface area (Å²) in [5.74, 6) is 0. The molecule has 11 heteroatoms. The summed E-state index contributed by atoms with van der Waals surface area (Å²) in [6.07, 6.45) is -4.84. The molecule has 0 bridgehead atoms. The predicted octanol–water partition coefficient (Wildman–Crippen LogP) is 2.92. The summed E-state index contributed by atoms with van der Waals surface area (Å²) in [7, 11) is -4.52. The van der Waals surface area contributed by atoms with Crippen LogP contribution >= 0.6 is 0 Å². The van der Waals surface area contributed by atoms with E-state index in [0.717, 1.165) is 24.3 Å². The van der Waals surface area contributed by atoms with Gasteiger partial charge in [-0.2, -0.15) is 17.9 Å². The Morgan fingerprint density at radius 3 is 2.12 bits per heavy atom. The van der Waals surface area contributed by atoms with Crippen molar-refractivity contribution < 1.29 is 26.5 Å². The van der Waals surface area contributed by atoms with Crippen LogP contribution in [0.4, 0.5) is 24.5 Å². The van der Waals surface area contributed by atoms with Gasteiger partial charge < -0.3 is 5.32 Å². The maximum Gasteiger partial charge on any atom is 0.406 e. The van der Waals surface area contributed by atoms with Gasteiger partial charge in [-0.25, -0.2) is 8.42 Å². The molecule has 2 N–H and O–H groups in total. The molecule has 0 aliphatic heterocycles. The Labute approximate surface area is 147 Å². The number of hydrogen-bond acceptors (Lipinski definition) is 5. The van der Waals surface area contributed by atoms with Crippen molar-refractivity contribution in [2.24, 2.45) is 0 Å². The standard InChI is InChI=1S/C15H14F3N3O4S/c16-15(17,18)14(10-19-11-4-2-1-3-5-11)20-26(24,25)13-8-6-12(7-9-13)21(22)23/h1-9,14,19-20H,10H2. The lowest BCUT2D eigenvalue weighted by atomic mass is 10.2. The molecule has 0 aromatic heterocycles. The van der Waals surface area contributed by atoms with E-state index in [-0.39, 0.29) is 5.69 Å². The second-order valence-electron chi connectivity index (χ2n) is 5.21. The SMILES string of the molecule is O=[N+]([O-])c1ccc(S(=O)(=O)NC(CNc2ccccc2)C(F)(F)F)cc1. The number of non-ortho nitro benzene ring substituents is 1. The van der Waals surface area contributed by atoms with Crippen molar-refractivity contribution in [3.05, 3.63) is 64.7 Å². The third-order valence-electron chi connectivity index (χ3n) is 3.33. The normalized spacial score (nSPS) is 13.2. The molecule has 1 atom stereocenters. The number of nitro groups is 1. The lowest BCUT2D eigenvalue weighted by Crippen LogP contribution is -2.49. The quantitative estimate of drug-likeness (QED) is 0.560. The van der Waals surface area contributed by atoms with Crippen LogP contribution in [0.5, 0.6) is 0 Å². The fourth-order valence-electron chi connectivity index (χ4n) is 2.00. The molecule has 0 heterocycles. The molecule has 2 aromatic carbocycles. The van der Waals surface area contributed by atoms with Gasteiger partial charge in [0.05, 0.1) is 9.82 Å². The Morgan fingerprint density at radius 2 is 1.62 bits per heavy atom. The van der Waals surface area contributed by atoms with Gasteiger partial charge in [-0.05, 0) is 24.3 Å². The van der Waals surface area contributed by atoms with E-state index in [9.17, 15) is 31.7 Å². The minimum absolute atomic E-state index is 0.373. The van der Waals surface area contributed by atoms with E-state index in [1.807, 2.05) is 0 Å². The van der Waals surface area contributed by atoms with E-state index >= 15 is 0 Å². The number of nitrogens with one attached hydrogen (secondary N) is 2. The third kappa shape index (κ3) is 5.17. The number of para-hydroxylation sites is 1. The van der Waals surface area contributed by atoms with E-state index in [2.05, 4.69) is 5.32 Å². The number of nitrogens with zero attached hydrogens (tertiary/aromatic N) is 1. The summed E-state index contributed by atoms with van der Waals surface area (Å²) >= 11 is 0. The van der Waals surface area contributed by atoms with Gasteiger partial charge in [0, 0.05) is 24.4 Å². The van der Waals surface area contributed by atoms with Crippen molar-refractivity contribution in [1.29, 1.82) is 0 Å². The third-order valence-corrected chi connectivity index (χ3v) is 4.82. The molecule has 0 spiro atoms. The first-order valence-corrected chi connectivity index (χ1v) is 8.70. The van der Waals surface area contributed by atoms with Crippen LogP contribution in [-0.4, -0.2) is 32.1 Å². The fourth-order valence-corrected chi connectivity index (χ4v) is 3.22. The van der Waals surface area contributed by atoms with E-state index < -0.39 is 38.6 Å². The maximum atomic E-state index is 13.2. The molecule has 2 aromatic rings. The van der Waals surface area contributed by atoms with Gasteiger partial charge in [-0.15, -0.1) is 0 Å². The monoisotopic (exact) mass is 389 g/mol. The molecule has 0 saturated heterocycles. The zero-order valence-corrected chi connectivity index (χ0v) is 13.9. The fraction of sp³-hybridized carbons (Fsp3) is 0.200. The minimum Gasteiger partial charge on any atom is -0.383 e. The molecule has 0 radical (unpaired) electrons. The zero-order chi connectivity index (χ0) is 19.4. The van der Waals surface area contributed by atoms with E-state index in [1.165, 1.54) is 12.1 Å². The predicted molar refractivity (Wildman–Crippen MR) is 88.2 cm³/mol. The molecule has 140 valence electrons. The maximum absolute atomic E-state index is 13.2. The van der Waals surface area contributed by atoms with E-state index in [0.29, 0.717) is 5.69 Å². The second kappa shape index (κ2) is 7.70. The molecule has 1 unspecified atom stereocenters. The highest BCUT2D eigenvalue weighted by molar-refractivity contribution is 7.89. The van der Waals surface area contributed by atoms with Crippen molar-refractivity contribution >= 4 is 21.4 Å². The van der Waals surface area contributed by atoms with Gasteiger partial charge >= 0.3 is 6.18 Å². The number of hydrogen-bond donors (Lipinski definition) is 2. The van der Waals surface area contributed by atoms with Gasteiger partial charge in [0.2, 0.25) is 10.0 Å². The van der Waals surface area contributed by atoms with Gasteiger partial charge in [0.15, 0.2) is 0 Å². The summed E-state index contributed by atoms with van der Waals surface area (Å²) in [4.78, 5) is 9.33. The molecule has 0 saturated carbocycles. The topological polar surface area (TPSA) is 101 Å². The van der Waals surface area contributed by atoms with Crippen LogP contribution in [-0.2, 0) is 10.0 Å². The van der Waals surface area contributed by atoms with Crippen LogP contribution in [0.2, 0.25) is 0 Å². The van der Waals surface area contributed by atoms with Crippen LogP contribution < -0.4 is 10.0 Å². The van der Waals surface area contributed by atoms with Crippen molar-refractivity contribution in [3.8, 4) is 0 Å².